The summed E-state index contributed by atoms with van der Waals surface area (Å²) in [6.45, 7) is 35.1. The Morgan fingerprint density at radius 3 is 1.06 bits per heavy atom. The maximum absolute atomic E-state index is 15.5. The fraction of sp³-hybridized carbons (Fsp3) is 0.551. The van der Waals surface area contributed by atoms with Crippen LogP contribution in [0.15, 0.2) is 44.3 Å². The molecule has 0 unspecified atom stereocenters. The third kappa shape index (κ3) is 20.6. The zero-order valence-corrected chi connectivity index (χ0v) is 71.1. The van der Waals surface area contributed by atoms with E-state index in [0.29, 0.717) is 90.5 Å². The molecular formula is C69H93BCl3F6N21Na2O8. The number of carbonyl (C=O) groups excluding carboxylic acids is 4. The van der Waals surface area contributed by atoms with Crippen molar-refractivity contribution in [2.45, 2.75) is 184 Å². The smallest absolute Gasteiger partial charge is 1.00 e. The number of amides is 3. The van der Waals surface area contributed by atoms with Crippen LogP contribution in [-0.4, -0.2) is 215 Å². The standard InChI is InChI=1S/2C20H25F2N7O.C18H22ClF2N7O.C8H15BO2.C2H4Cl2.CH2O3.2Na.H/c2*1-5-14-23-10-13(21)17(24-14)25-16-12-11-29(19(2,3)15(12)26-27-16)18(30)20(22)6-8-28(4)9-7-20;1-17(2)12-10(9-28(17)15(29)18(21)4-6-27(3)7-5-18)13(26-25-12)23-14-11(20)8-22-16(19)24-14;1-6-9-10-7(2,3)8(4,5)11-9;1-2(3)4;2-1-4-3;;;/h2*5,10H,1,6-9,11H2,2-4H3,(H2,23,24,25,26,27);8H,4-7,9H2,1-3H3,(H2,22,23,24,25,26);6H,1H2,2-5H3;2H,1H3;1,3H;;;/q;;;;;;2*+1;-1/p-1. The van der Waals surface area contributed by atoms with Gasteiger partial charge < -0.3 is 66.2 Å². The van der Waals surface area contributed by atoms with Crippen molar-refractivity contribution in [2.75, 3.05) is 76.4 Å². The second-order valence-corrected chi connectivity index (χ2v) is 31.3. The summed E-state index contributed by atoms with van der Waals surface area (Å²) < 4.78 is 99.9. The Balaban J connectivity index is 0.000000263. The van der Waals surface area contributed by atoms with E-state index in [-0.39, 0.29) is 183 Å². The number of hydrogen-bond donors (Lipinski definition) is 6. The first kappa shape index (κ1) is 92.5. The number of anilines is 6. The molecule has 0 saturated carbocycles. The maximum Gasteiger partial charge on any atom is 1.00 e. The second-order valence-electron chi connectivity index (χ2n) is 29.5. The molecular weight excluding hydrogens is 1530 g/mol. The van der Waals surface area contributed by atoms with Crippen LogP contribution in [0.4, 0.5) is 61.2 Å². The maximum atomic E-state index is 15.5. The number of H-pyrrole nitrogens is 3. The van der Waals surface area contributed by atoms with Gasteiger partial charge in [-0.25, -0.2) is 51.3 Å². The van der Waals surface area contributed by atoms with Crippen molar-refractivity contribution in [3.8, 4) is 0 Å². The van der Waals surface area contributed by atoms with Crippen molar-refractivity contribution >= 4 is 113 Å². The van der Waals surface area contributed by atoms with E-state index >= 15 is 13.2 Å². The molecule has 6 aromatic heterocycles. The van der Waals surface area contributed by atoms with Crippen molar-refractivity contribution in [2.24, 2.45) is 0 Å². The Morgan fingerprint density at radius 1 is 0.555 bits per heavy atom. The third-order valence-electron chi connectivity index (χ3n) is 20.5. The topological polar surface area (TPSA) is 338 Å². The molecule has 41 heteroatoms. The second kappa shape index (κ2) is 37.3. The number of likely N-dealkylation sites (tertiary alicyclic amines) is 3. The molecule has 0 atom stereocenters. The number of carbonyl (C=O) groups is 4. The van der Waals surface area contributed by atoms with E-state index in [1.165, 1.54) is 26.9 Å². The normalized spacial score (nSPS) is 19.6. The number of nitrogens with zero attached hydrogens (tertiary/aromatic N) is 15. The van der Waals surface area contributed by atoms with E-state index in [4.69, 9.17) is 54.2 Å². The summed E-state index contributed by atoms with van der Waals surface area (Å²) in [6, 6.07) is 0. The molecule has 3 amide bonds. The number of aromatic nitrogens is 12. The quantitative estimate of drug-likeness (QED) is 0.0178. The van der Waals surface area contributed by atoms with Crippen LogP contribution in [0.3, 0.4) is 0 Å². The van der Waals surface area contributed by atoms with Gasteiger partial charge in [0.2, 0.25) is 5.28 Å². The molecule has 13 heterocycles. The molecule has 6 N–H and O–H groups in total. The number of aromatic amines is 3. The van der Waals surface area contributed by atoms with E-state index < -0.39 is 68.8 Å². The van der Waals surface area contributed by atoms with Crippen LogP contribution in [0, 0.1) is 17.5 Å². The van der Waals surface area contributed by atoms with Gasteiger partial charge in [0.15, 0.2) is 81.0 Å². The number of hydrogen-bond acceptors (Lipinski definition) is 23. The van der Waals surface area contributed by atoms with Crippen molar-refractivity contribution in [3.63, 3.8) is 0 Å². The summed E-state index contributed by atoms with van der Waals surface area (Å²) in [4.78, 5) is 84.4. The van der Waals surface area contributed by atoms with Crippen LogP contribution >= 0.6 is 34.8 Å². The van der Waals surface area contributed by atoms with Crippen LogP contribution in [0.1, 0.15) is 162 Å². The minimum absolute atomic E-state index is 0. The summed E-state index contributed by atoms with van der Waals surface area (Å²) >= 11 is 15.8. The van der Waals surface area contributed by atoms with Gasteiger partial charge >= 0.3 is 66.2 Å². The van der Waals surface area contributed by atoms with Gasteiger partial charge in [0.05, 0.1) is 83.1 Å². The Kier molecular flexibility index (Phi) is 31.4. The van der Waals surface area contributed by atoms with E-state index in [1.54, 1.807) is 12.9 Å². The number of nitrogens with one attached hydrogen (secondary N) is 6. The van der Waals surface area contributed by atoms with Crippen molar-refractivity contribution in [1.82, 2.24) is 89.9 Å². The first-order valence-corrected chi connectivity index (χ1v) is 35.8. The average Bonchev–Trinajstić information content (AvgIpc) is 1.60. The van der Waals surface area contributed by atoms with Crippen molar-refractivity contribution in [3.05, 3.63) is 112 Å². The van der Waals surface area contributed by atoms with Crippen molar-refractivity contribution < 1.29 is 126 Å². The zero-order chi connectivity index (χ0) is 80.0. The summed E-state index contributed by atoms with van der Waals surface area (Å²) in [5, 5.41) is 38.3. The van der Waals surface area contributed by atoms with E-state index in [2.05, 4.69) is 101 Å². The van der Waals surface area contributed by atoms with Crippen LogP contribution in [0.25, 0.3) is 12.2 Å². The van der Waals surface area contributed by atoms with Gasteiger partial charge in [-0.3, -0.25) is 34.5 Å². The molecule has 590 valence electrons. The molecule has 0 aliphatic carbocycles. The van der Waals surface area contributed by atoms with Gasteiger partial charge in [-0.1, -0.05) is 19.1 Å². The number of fused-ring (bicyclic) bond motifs is 3. The summed E-state index contributed by atoms with van der Waals surface area (Å²) in [6.07, 6.45) is 6.87. The van der Waals surface area contributed by atoms with Gasteiger partial charge in [-0.15, -0.1) is 29.8 Å². The number of alkyl halides is 5. The molecule has 110 heavy (non-hydrogen) atoms. The SMILES string of the molecule is C=CB1OC(C)(C)C(C)(C)O1.C=Cc1ncc(F)c(Nc2n[nH]c3c2CN(C(=O)C2(F)CCN(C)CC2)C3(C)C)n1.C=Cc1ncc(F)c(Nc2n[nH]c3c2CN(C(=O)C2(F)CCN(C)CC2)C3(C)C)n1.CC(Cl)Cl.CN1CCC(F)(C(=O)N2Cc3c(Nc4nc(Cl)ncc4F)n[nH]c3C2(C)C)CC1.O=CO[O-].[H-].[Na+].[Na+]. The van der Waals surface area contributed by atoms with Crippen LogP contribution < -0.4 is 80.3 Å². The minimum atomic E-state index is -1.89. The minimum Gasteiger partial charge on any atom is -1.00 e. The number of halogens is 9. The largest absolute Gasteiger partial charge is 1.00 e. The van der Waals surface area contributed by atoms with E-state index in [0.717, 1.165) is 18.6 Å². The molecule has 0 aromatic carbocycles. The summed E-state index contributed by atoms with van der Waals surface area (Å²) in [5.74, 6) is -0.534. The fourth-order valence-corrected chi connectivity index (χ4v) is 13.1. The van der Waals surface area contributed by atoms with Gasteiger partial charge in [0.25, 0.3) is 24.2 Å². The molecule has 4 fully saturated rings. The Labute approximate surface area is 696 Å². The molecule has 0 spiro atoms. The molecule has 0 bridgehead atoms. The average molecular weight is 1620 g/mol. The van der Waals surface area contributed by atoms with E-state index in [1.807, 2.05) is 105 Å². The van der Waals surface area contributed by atoms with Crippen LogP contribution in [-0.2, 0) is 69.6 Å². The summed E-state index contributed by atoms with van der Waals surface area (Å²) in [7, 11) is 5.50. The molecule has 0 radical (unpaired) electrons. The molecule has 7 aliphatic rings. The van der Waals surface area contributed by atoms with Crippen molar-refractivity contribution in [1.29, 1.82) is 0 Å². The summed E-state index contributed by atoms with van der Waals surface area (Å²) in [5.41, 5.74) is -4.39. The number of piperidine rings is 3. The van der Waals surface area contributed by atoms with Gasteiger partial charge in [-0.2, -0.15) is 20.3 Å². The zero-order valence-electron chi connectivity index (χ0n) is 65.8. The third-order valence-corrected chi connectivity index (χ3v) is 20.6. The van der Waals surface area contributed by atoms with Gasteiger partial charge in [0.1, 0.15) is 4.84 Å². The Bertz CT molecular complexity index is 4080. The molecule has 13 rings (SSSR count). The Morgan fingerprint density at radius 2 is 0.818 bits per heavy atom. The molecule has 4 saturated heterocycles. The van der Waals surface area contributed by atoms with E-state index in [9.17, 15) is 27.6 Å². The van der Waals surface area contributed by atoms with Crippen LogP contribution in [0.5, 0.6) is 0 Å². The predicted molar refractivity (Wildman–Crippen MR) is 395 cm³/mol. The first-order valence-electron chi connectivity index (χ1n) is 34.6. The molecule has 29 nitrogen and oxygen atoms in total. The first-order chi connectivity index (χ1) is 50.5. The van der Waals surface area contributed by atoms with Gasteiger partial charge in [0, 0.05) is 94.5 Å². The fourth-order valence-electron chi connectivity index (χ4n) is 13.0. The molecule has 7 aliphatic heterocycles. The van der Waals surface area contributed by atoms with Crippen LogP contribution in [0.2, 0.25) is 5.28 Å². The molecule has 6 aromatic rings. The Hall–Kier alpha value is -6.36. The number of rotatable bonds is 13. The monoisotopic (exact) mass is 1620 g/mol. The predicted octanol–water partition coefficient (Wildman–Crippen LogP) is 4.39. The van der Waals surface area contributed by atoms with Gasteiger partial charge in [-0.05, 0) is 121 Å².